The Bertz CT molecular complexity index is 1220. The molecule has 0 spiro atoms. The van der Waals surface area contributed by atoms with Gasteiger partial charge in [0.25, 0.3) is 0 Å². The number of hydrogen-bond donors (Lipinski definition) is 2. The third-order valence-corrected chi connectivity index (χ3v) is 14.3. The van der Waals surface area contributed by atoms with Gasteiger partial charge in [-0.15, -0.1) is 0 Å². The Morgan fingerprint density at radius 2 is 1.93 bits per heavy atom. The number of ether oxygens (including phenoxy) is 2. The van der Waals surface area contributed by atoms with Gasteiger partial charge in [-0.05, 0) is 78.4 Å². The Morgan fingerprint density at radius 1 is 1.17 bits per heavy atom. The van der Waals surface area contributed by atoms with Crippen LogP contribution in [-0.2, 0) is 14.3 Å². The van der Waals surface area contributed by atoms with Gasteiger partial charge in [0, 0.05) is 17.4 Å². The summed E-state index contributed by atoms with van der Waals surface area (Å²) in [5, 5.41) is 15.6. The van der Waals surface area contributed by atoms with Gasteiger partial charge in [0.05, 0.1) is 37.9 Å². The number of rotatable bonds is 7. The second-order valence-electron chi connectivity index (χ2n) is 16.1. The summed E-state index contributed by atoms with van der Waals surface area (Å²) in [6, 6.07) is 0.0401. The fourth-order valence-electron chi connectivity index (χ4n) is 11.7. The van der Waals surface area contributed by atoms with Crippen molar-refractivity contribution >= 4 is 5.97 Å². The highest BCUT2D eigenvalue weighted by molar-refractivity contribution is 5.73. The number of carboxylic acid groups (broad SMARTS) is 1. The van der Waals surface area contributed by atoms with Gasteiger partial charge >= 0.3 is 5.97 Å². The molecule has 1 aromatic rings. The molecule has 42 heavy (non-hydrogen) atoms. The van der Waals surface area contributed by atoms with E-state index in [1.54, 1.807) is 6.33 Å². The number of aromatic nitrogens is 3. The van der Waals surface area contributed by atoms with Crippen molar-refractivity contribution in [2.75, 3.05) is 26.4 Å². The van der Waals surface area contributed by atoms with E-state index in [1.165, 1.54) is 5.57 Å². The summed E-state index contributed by atoms with van der Waals surface area (Å²) in [6.45, 7) is 18.6. The maximum Gasteiger partial charge on any atom is 0.307 e. The van der Waals surface area contributed by atoms with E-state index in [9.17, 15) is 9.90 Å². The zero-order valence-electron chi connectivity index (χ0n) is 26.9. The maximum absolute atomic E-state index is 13.3. The van der Waals surface area contributed by atoms with Crippen molar-refractivity contribution in [2.45, 2.75) is 99.1 Å². The third kappa shape index (κ3) is 3.86. The zero-order valence-corrected chi connectivity index (χ0v) is 26.9. The maximum atomic E-state index is 13.3. The first kappa shape index (κ1) is 30.3. The molecule has 0 unspecified atom stereocenters. The van der Waals surface area contributed by atoms with Crippen LogP contribution in [-0.4, -0.2) is 58.3 Å². The summed E-state index contributed by atoms with van der Waals surface area (Å²) >= 11 is 0. The molecule has 1 aromatic heterocycles. The number of hydrogen-bond acceptors (Lipinski definition) is 6. The summed E-state index contributed by atoms with van der Waals surface area (Å²) in [4.78, 5) is 17.6. The Kier molecular flexibility index (Phi) is 7.30. The molecule has 6 rings (SSSR count). The van der Waals surface area contributed by atoms with Crippen LogP contribution in [0.1, 0.15) is 93.0 Å². The van der Waals surface area contributed by atoms with E-state index < -0.39 is 5.97 Å². The van der Waals surface area contributed by atoms with Crippen LogP contribution in [0.5, 0.6) is 0 Å². The van der Waals surface area contributed by atoms with E-state index in [0.717, 1.165) is 38.5 Å². The van der Waals surface area contributed by atoms with Gasteiger partial charge < -0.3 is 20.3 Å². The Labute approximate surface area is 252 Å². The summed E-state index contributed by atoms with van der Waals surface area (Å²) in [5.74, 6) is 0.555. The first-order valence-electron chi connectivity index (χ1n) is 16.5. The molecule has 4 aliphatic carbocycles. The topological polar surface area (TPSA) is 112 Å². The average Bonchev–Trinajstić information content (AvgIpc) is 3.47. The van der Waals surface area contributed by atoms with Crippen molar-refractivity contribution < 1.29 is 19.4 Å². The SMILES string of the molecule is CC(C)[C@@H](C)[C@@]1(C)CC[C@]2(C)[C@H]3CC[C@@H]4[C@@]5(COC[C@]4(C)[C@@H](OCCN)[C@H](n4cncn4)C5)C3=CC[C@@]2(C)[C@@H]1C(=O)O. The minimum atomic E-state index is -0.612. The van der Waals surface area contributed by atoms with Crippen LogP contribution < -0.4 is 5.73 Å². The van der Waals surface area contributed by atoms with Crippen LogP contribution in [0.2, 0.25) is 0 Å². The van der Waals surface area contributed by atoms with Crippen molar-refractivity contribution in [3.05, 3.63) is 24.3 Å². The number of nitrogens with two attached hydrogens (primary N) is 1. The predicted molar refractivity (Wildman–Crippen MR) is 161 cm³/mol. The van der Waals surface area contributed by atoms with Crippen LogP contribution in [0, 0.1) is 56.7 Å². The number of fused-ring (bicyclic) bond motifs is 3. The summed E-state index contributed by atoms with van der Waals surface area (Å²) in [7, 11) is 0. The second-order valence-corrected chi connectivity index (χ2v) is 16.1. The Balaban J connectivity index is 1.46. The van der Waals surface area contributed by atoms with Crippen molar-refractivity contribution in [1.82, 2.24) is 14.8 Å². The molecule has 8 heteroatoms. The lowest BCUT2D eigenvalue weighted by molar-refractivity contribution is -0.249. The first-order valence-corrected chi connectivity index (χ1v) is 16.5. The number of nitrogens with zero attached hydrogens (tertiary/aromatic N) is 3. The highest BCUT2D eigenvalue weighted by Crippen LogP contribution is 2.75. The van der Waals surface area contributed by atoms with E-state index in [1.807, 2.05) is 11.0 Å². The normalized spacial score (nSPS) is 47.2. The van der Waals surface area contributed by atoms with Crippen LogP contribution in [0.3, 0.4) is 0 Å². The lowest BCUT2D eigenvalue weighted by Crippen LogP contribution is -2.69. The van der Waals surface area contributed by atoms with Crippen molar-refractivity contribution in [3.8, 4) is 0 Å². The number of carboxylic acids is 1. The van der Waals surface area contributed by atoms with Crippen molar-refractivity contribution in [3.63, 3.8) is 0 Å². The van der Waals surface area contributed by atoms with Gasteiger partial charge in [0.2, 0.25) is 0 Å². The van der Waals surface area contributed by atoms with Gasteiger partial charge in [0.15, 0.2) is 0 Å². The van der Waals surface area contributed by atoms with Crippen LogP contribution in [0.15, 0.2) is 24.3 Å². The smallest absolute Gasteiger partial charge is 0.307 e. The van der Waals surface area contributed by atoms with Crippen LogP contribution in [0.4, 0.5) is 0 Å². The summed E-state index contributed by atoms with van der Waals surface area (Å²) in [6.07, 6.45) is 11.8. The Morgan fingerprint density at radius 3 is 2.57 bits per heavy atom. The monoisotopic (exact) mass is 582 g/mol. The Hall–Kier alpha value is -1.77. The standard InChI is InChI=1S/C34H54N4O4/c1-21(2)22(3)30(4)12-13-32(6)23-8-9-26-31(5)17-41-18-34(26,24(23)10-11-33(32,7)27(30)29(39)40)16-25(28(31)42-15-14-35)38-20-36-19-37-38/h10,19-23,25-28H,8-9,11-18,35H2,1-7H3,(H,39,40)/t22-,23+,25-,26+,27-,28+,30-,31+,32-,33+,34+/m1/s1. The highest BCUT2D eigenvalue weighted by Gasteiger charge is 2.71. The minimum Gasteiger partial charge on any atom is -0.481 e. The molecule has 2 bridgehead atoms. The lowest BCUT2D eigenvalue weighted by atomic mass is 9.34. The van der Waals surface area contributed by atoms with E-state index in [4.69, 9.17) is 15.2 Å². The number of carbonyl (C=O) groups is 1. The van der Waals surface area contributed by atoms with Crippen LogP contribution in [0.25, 0.3) is 0 Å². The molecular weight excluding hydrogens is 528 g/mol. The predicted octanol–water partition coefficient (Wildman–Crippen LogP) is 5.75. The molecule has 0 aromatic carbocycles. The molecule has 1 saturated heterocycles. The summed E-state index contributed by atoms with van der Waals surface area (Å²) in [5.41, 5.74) is 6.51. The fraction of sp³-hybridized carbons (Fsp3) is 0.853. The number of aliphatic carboxylic acids is 1. The van der Waals surface area contributed by atoms with Crippen LogP contribution >= 0.6 is 0 Å². The molecule has 1 aliphatic heterocycles. The molecule has 3 N–H and O–H groups in total. The average molecular weight is 583 g/mol. The van der Waals surface area contributed by atoms with E-state index in [0.29, 0.717) is 50.0 Å². The van der Waals surface area contributed by atoms with E-state index in [-0.39, 0.29) is 45.1 Å². The molecule has 5 aliphatic rings. The molecule has 4 fully saturated rings. The fourth-order valence-corrected chi connectivity index (χ4v) is 11.7. The quantitative estimate of drug-likeness (QED) is 0.394. The van der Waals surface area contributed by atoms with Gasteiger partial charge in [-0.3, -0.25) is 4.79 Å². The minimum absolute atomic E-state index is 0.0401. The molecular formula is C34H54N4O4. The molecule has 0 radical (unpaired) electrons. The van der Waals surface area contributed by atoms with Crippen molar-refractivity contribution in [1.29, 1.82) is 0 Å². The molecule has 8 nitrogen and oxygen atoms in total. The molecule has 3 saturated carbocycles. The van der Waals surface area contributed by atoms with Crippen molar-refractivity contribution in [2.24, 2.45) is 62.4 Å². The highest BCUT2D eigenvalue weighted by atomic mass is 16.5. The molecule has 234 valence electrons. The van der Waals surface area contributed by atoms with Gasteiger partial charge in [-0.2, -0.15) is 5.10 Å². The zero-order chi connectivity index (χ0) is 30.3. The first-order chi connectivity index (χ1) is 19.8. The van der Waals surface area contributed by atoms with Gasteiger partial charge in [-0.1, -0.05) is 60.1 Å². The molecule has 11 atom stereocenters. The van der Waals surface area contributed by atoms with E-state index in [2.05, 4.69) is 64.6 Å². The largest absolute Gasteiger partial charge is 0.481 e. The molecule has 2 heterocycles. The third-order valence-electron chi connectivity index (χ3n) is 14.3. The van der Waals surface area contributed by atoms with E-state index >= 15 is 0 Å². The molecule has 0 amide bonds. The summed E-state index contributed by atoms with van der Waals surface area (Å²) < 4.78 is 15.2. The van der Waals surface area contributed by atoms with Gasteiger partial charge in [0.1, 0.15) is 12.7 Å². The lowest BCUT2D eigenvalue weighted by Gasteiger charge is -2.71. The second kappa shape index (κ2) is 10.1. The number of allylic oxidation sites excluding steroid dienone is 1. The van der Waals surface area contributed by atoms with Gasteiger partial charge in [-0.25, -0.2) is 9.67 Å².